The highest BCUT2D eigenvalue weighted by Gasteiger charge is 2.11. The fourth-order valence-corrected chi connectivity index (χ4v) is 4.09. The summed E-state index contributed by atoms with van der Waals surface area (Å²) in [6.07, 6.45) is 0. The molecule has 1 saturated heterocycles. The van der Waals surface area contributed by atoms with E-state index in [0.717, 1.165) is 53.8 Å². The second-order valence-electron chi connectivity index (χ2n) is 5.17. The van der Waals surface area contributed by atoms with Crippen molar-refractivity contribution in [3.05, 3.63) is 29.8 Å². The Morgan fingerprint density at radius 1 is 1.32 bits per heavy atom. The van der Waals surface area contributed by atoms with Gasteiger partial charge in [-0.15, -0.1) is 10.2 Å². The van der Waals surface area contributed by atoms with Crippen LogP contribution in [0.3, 0.4) is 0 Å². The highest BCUT2D eigenvalue weighted by Crippen LogP contribution is 2.27. The lowest BCUT2D eigenvalue weighted by molar-refractivity contribution is 0.0410. The minimum atomic E-state index is 0.847. The molecule has 2 aromatic rings. The van der Waals surface area contributed by atoms with Crippen molar-refractivity contribution in [1.29, 1.82) is 0 Å². The van der Waals surface area contributed by atoms with E-state index in [2.05, 4.69) is 39.5 Å². The van der Waals surface area contributed by atoms with E-state index in [1.807, 2.05) is 12.1 Å². The summed E-state index contributed by atoms with van der Waals surface area (Å²) in [7, 11) is 0. The summed E-state index contributed by atoms with van der Waals surface area (Å²) in [6, 6.07) is 8.27. The maximum absolute atomic E-state index is 5.36. The number of anilines is 2. The molecule has 1 N–H and O–H groups in total. The number of nitrogens with zero attached hydrogens (tertiary/aromatic N) is 3. The lowest BCUT2D eigenvalue weighted by atomic mass is 10.2. The first-order valence-corrected chi connectivity index (χ1v) is 9.20. The largest absolute Gasteiger partial charge is 0.379 e. The molecule has 0 bridgehead atoms. The Bertz CT molecular complexity index is 599. The Labute approximate surface area is 139 Å². The van der Waals surface area contributed by atoms with Gasteiger partial charge in [0.2, 0.25) is 5.13 Å². The van der Waals surface area contributed by atoms with E-state index in [1.54, 1.807) is 23.1 Å². The van der Waals surface area contributed by atoms with Gasteiger partial charge in [0.05, 0.1) is 13.2 Å². The second kappa shape index (κ2) is 7.92. The number of nitrogens with one attached hydrogen (secondary N) is 1. The van der Waals surface area contributed by atoms with Crippen LogP contribution in [0.2, 0.25) is 0 Å². The standard InChI is InChI=1S/C15H20N4OS2/c1-12-3-2-4-13(11-12)16-14-17-18-15(22-14)21-10-7-19-5-8-20-9-6-19/h2-4,11H,5-10H2,1H3,(H,16,17). The zero-order valence-electron chi connectivity index (χ0n) is 12.6. The smallest absolute Gasteiger partial charge is 0.210 e. The summed E-state index contributed by atoms with van der Waals surface area (Å²) in [4.78, 5) is 2.43. The van der Waals surface area contributed by atoms with E-state index in [4.69, 9.17) is 4.74 Å². The Balaban J connectivity index is 1.46. The molecule has 5 nitrogen and oxygen atoms in total. The Morgan fingerprint density at radius 3 is 3.00 bits per heavy atom. The minimum absolute atomic E-state index is 0.847. The molecule has 0 aliphatic carbocycles. The average Bonchev–Trinajstić information content (AvgIpc) is 2.96. The van der Waals surface area contributed by atoms with Crippen LogP contribution in [0.4, 0.5) is 10.8 Å². The van der Waals surface area contributed by atoms with E-state index < -0.39 is 0 Å². The molecule has 1 aromatic carbocycles. The van der Waals surface area contributed by atoms with Gasteiger partial charge >= 0.3 is 0 Å². The van der Waals surface area contributed by atoms with E-state index >= 15 is 0 Å². The summed E-state index contributed by atoms with van der Waals surface area (Å²) in [5.74, 6) is 1.04. The molecule has 1 aliphatic heterocycles. The molecule has 1 fully saturated rings. The molecule has 3 rings (SSSR count). The van der Waals surface area contributed by atoms with Crippen molar-refractivity contribution >= 4 is 33.9 Å². The summed E-state index contributed by atoms with van der Waals surface area (Å²) < 4.78 is 6.37. The number of hydrogen-bond acceptors (Lipinski definition) is 7. The topological polar surface area (TPSA) is 50.3 Å². The van der Waals surface area contributed by atoms with Crippen LogP contribution in [0.1, 0.15) is 5.56 Å². The molecular weight excluding hydrogens is 316 g/mol. The van der Waals surface area contributed by atoms with Crippen molar-refractivity contribution in [3.8, 4) is 0 Å². The molecule has 1 aromatic heterocycles. The van der Waals surface area contributed by atoms with Crippen LogP contribution < -0.4 is 5.32 Å². The van der Waals surface area contributed by atoms with Gasteiger partial charge in [-0.05, 0) is 24.6 Å². The molecule has 2 heterocycles. The Kier molecular flexibility index (Phi) is 5.66. The molecule has 22 heavy (non-hydrogen) atoms. The Morgan fingerprint density at radius 2 is 2.18 bits per heavy atom. The van der Waals surface area contributed by atoms with Crippen LogP contribution >= 0.6 is 23.1 Å². The van der Waals surface area contributed by atoms with Gasteiger partial charge in [0, 0.05) is 31.1 Å². The number of hydrogen-bond donors (Lipinski definition) is 1. The van der Waals surface area contributed by atoms with Gasteiger partial charge in [-0.2, -0.15) is 0 Å². The predicted molar refractivity (Wildman–Crippen MR) is 92.4 cm³/mol. The number of thioether (sulfide) groups is 1. The van der Waals surface area contributed by atoms with Gasteiger partial charge in [0.1, 0.15) is 0 Å². The van der Waals surface area contributed by atoms with Crippen molar-refractivity contribution < 1.29 is 4.74 Å². The van der Waals surface area contributed by atoms with Crippen molar-refractivity contribution in [3.63, 3.8) is 0 Å². The number of ether oxygens (including phenoxy) is 1. The molecule has 7 heteroatoms. The number of morpholine rings is 1. The second-order valence-corrected chi connectivity index (χ2v) is 7.49. The predicted octanol–water partition coefficient (Wildman–Crippen LogP) is 3.01. The highest BCUT2D eigenvalue weighted by atomic mass is 32.2. The van der Waals surface area contributed by atoms with Crippen LogP contribution in [0.5, 0.6) is 0 Å². The summed E-state index contributed by atoms with van der Waals surface area (Å²) in [5.41, 5.74) is 2.29. The van der Waals surface area contributed by atoms with Crippen molar-refractivity contribution in [2.45, 2.75) is 11.3 Å². The fourth-order valence-electron chi connectivity index (χ4n) is 2.25. The third-order valence-corrected chi connectivity index (χ3v) is 5.36. The molecular formula is C15H20N4OS2. The molecule has 118 valence electrons. The lowest BCUT2D eigenvalue weighted by Crippen LogP contribution is -2.37. The zero-order chi connectivity index (χ0) is 15.2. The van der Waals surface area contributed by atoms with Crippen molar-refractivity contribution in [2.75, 3.05) is 43.9 Å². The molecule has 0 spiro atoms. The molecule has 0 amide bonds. The van der Waals surface area contributed by atoms with Crippen LogP contribution in [0.25, 0.3) is 0 Å². The first-order chi connectivity index (χ1) is 10.8. The summed E-state index contributed by atoms with van der Waals surface area (Å²) >= 11 is 3.38. The third kappa shape index (κ3) is 4.67. The van der Waals surface area contributed by atoms with E-state index in [-0.39, 0.29) is 0 Å². The minimum Gasteiger partial charge on any atom is -0.379 e. The zero-order valence-corrected chi connectivity index (χ0v) is 14.3. The van der Waals surface area contributed by atoms with Gasteiger partial charge < -0.3 is 10.1 Å². The number of benzene rings is 1. The first-order valence-electron chi connectivity index (χ1n) is 7.40. The Hall–Kier alpha value is -1.15. The molecule has 0 radical (unpaired) electrons. The van der Waals surface area contributed by atoms with Crippen molar-refractivity contribution in [2.24, 2.45) is 0 Å². The van der Waals surface area contributed by atoms with Gasteiger partial charge in [-0.3, -0.25) is 4.90 Å². The van der Waals surface area contributed by atoms with E-state index in [0.29, 0.717) is 0 Å². The first kappa shape index (κ1) is 15.7. The van der Waals surface area contributed by atoms with Gasteiger partial charge in [-0.25, -0.2) is 0 Å². The molecule has 0 unspecified atom stereocenters. The fraction of sp³-hybridized carbons (Fsp3) is 0.467. The monoisotopic (exact) mass is 336 g/mol. The third-order valence-electron chi connectivity index (χ3n) is 3.41. The van der Waals surface area contributed by atoms with E-state index in [1.165, 1.54) is 5.56 Å². The molecule has 1 aliphatic rings. The average molecular weight is 336 g/mol. The summed E-state index contributed by atoms with van der Waals surface area (Å²) in [5, 5.41) is 12.6. The van der Waals surface area contributed by atoms with Gasteiger partial charge in [-0.1, -0.05) is 35.2 Å². The van der Waals surface area contributed by atoms with E-state index in [9.17, 15) is 0 Å². The van der Waals surface area contributed by atoms with Crippen LogP contribution in [-0.2, 0) is 4.74 Å². The van der Waals surface area contributed by atoms with Crippen LogP contribution in [0.15, 0.2) is 28.6 Å². The number of aromatic nitrogens is 2. The summed E-state index contributed by atoms with van der Waals surface area (Å²) in [6.45, 7) is 6.95. The van der Waals surface area contributed by atoms with Gasteiger partial charge in [0.25, 0.3) is 0 Å². The number of aryl methyl sites for hydroxylation is 1. The normalized spacial score (nSPS) is 15.9. The molecule has 0 saturated carbocycles. The van der Waals surface area contributed by atoms with Crippen molar-refractivity contribution in [1.82, 2.24) is 15.1 Å². The quantitative estimate of drug-likeness (QED) is 0.819. The lowest BCUT2D eigenvalue weighted by Gasteiger charge is -2.25. The molecule has 0 atom stereocenters. The van der Waals surface area contributed by atoms with Gasteiger partial charge in [0.15, 0.2) is 4.34 Å². The highest BCUT2D eigenvalue weighted by molar-refractivity contribution is 8.01. The maximum atomic E-state index is 5.36. The number of rotatable bonds is 6. The van der Waals surface area contributed by atoms with Crippen LogP contribution in [-0.4, -0.2) is 53.7 Å². The maximum Gasteiger partial charge on any atom is 0.210 e. The van der Waals surface area contributed by atoms with Crippen LogP contribution in [0, 0.1) is 6.92 Å². The SMILES string of the molecule is Cc1cccc(Nc2nnc(SCCN3CCOCC3)s2)c1.